The zero-order chi connectivity index (χ0) is 14.5. The minimum Gasteiger partial charge on any atom is -0.508 e. The van der Waals surface area contributed by atoms with Crippen LogP contribution >= 0.6 is 12.2 Å². The van der Waals surface area contributed by atoms with Gasteiger partial charge in [-0.3, -0.25) is 0 Å². The van der Waals surface area contributed by atoms with Gasteiger partial charge in [-0.2, -0.15) is 0 Å². The Kier molecular flexibility index (Phi) is 5.80. The van der Waals surface area contributed by atoms with Crippen LogP contribution < -0.4 is 5.32 Å². The Morgan fingerprint density at radius 2 is 2.26 bits per heavy atom. The van der Waals surface area contributed by atoms with Crippen molar-refractivity contribution < 1.29 is 5.11 Å². The van der Waals surface area contributed by atoms with Crippen LogP contribution in [0, 0.1) is 11.3 Å². The molecule has 0 aromatic rings. The van der Waals surface area contributed by atoms with E-state index in [-0.39, 0.29) is 11.2 Å². The van der Waals surface area contributed by atoms with Crippen molar-refractivity contribution in [1.82, 2.24) is 5.32 Å². The van der Waals surface area contributed by atoms with Crippen molar-refractivity contribution >= 4 is 17.2 Å². The van der Waals surface area contributed by atoms with Crippen LogP contribution in [0.25, 0.3) is 0 Å². The number of aliphatic hydroxyl groups is 1. The molecule has 1 aliphatic carbocycles. The Morgan fingerprint density at radius 1 is 1.58 bits per heavy atom. The molecule has 0 saturated carbocycles. The second-order valence-corrected chi connectivity index (χ2v) is 6.22. The zero-order valence-corrected chi connectivity index (χ0v) is 13.2. The van der Waals surface area contributed by atoms with Crippen LogP contribution in [0.2, 0.25) is 0 Å². The normalized spacial score (nSPS) is 23.3. The largest absolute Gasteiger partial charge is 0.508 e. The smallest absolute Gasteiger partial charge is 0.118 e. The second-order valence-electron chi connectivity index (χ2n) is 5.78. The molecule has 0 aliphatic heterocycles. The lowest BCUT2D eigenvalue weighted by Crippen LogP contribution is -2.26. The molecular weight excluding hydrogens is 254 g/mol. The van der Waals surface area contributed by atoms with E-state index in [1.165, 1.54) is 12.0 Å². The van der Waals surface area contributed by atoms with Crippen molar-refractivity contribution in [2.75, 3.05) is 6.54 Å². The first-order valence-corrected chi connectivity index (χ1v) is 7.31. The lowest BCUT2D eigenvalue weighted by Gasteiger charge is -2.36. The Balaban J connectivity index is 2.77. The highest BCUT2D eigenvalue weighted by molar-refractivity contribution is 7.80. The fourth-order valence-electron chi connectivity index (χ4n) is 2.59. The van der Waals surface area contributed by atoms with Gasteiger partial charge in [0.2, 0.25) is 0 Å². The SMILES string of the molecule is CCNC(=S)/C=C(O)/C=C/C1C(C)=CCCC1(C)C. The Hall–Kier alpha value is -1.09. The van der Waals surface area contributed by atoms with Gasteiger partial charge >= 0.3 is 0 Å². The van der Waals surface area contributed by atoms with Gasteiger partial charge in [-0.15, -0.1) is 0 Å². The van der Waals surface area contributed by atoms with Gasteiger partial charge in [-0.1, -0.05) is 43.8 Å². The predicted molar refractivity (Wildman–Crippen MR) is 86.4 cm³/mol. The third-order valence-corrected chi connectivity index (χ3v) is 3.94. The highest BCUT2D eigenvalue weighted by atomic mass is 32.1. The molecule has 2 nitrogen and oxygen atoms in total. The summed E-state index contributed by atoms with van der Waals surface area (Å²) in [5.74, 6) is 0.588. The van der Waals surface area contributed by atoms with Gasteiger partial charge in [0, 0.05) is 18.5 Å². The molecule has 1 aliphatic rings. The molecule has 1 unspecified atom stereocenters. The molecule has 2 N–H and O–H groups in total. The number of nitrogens with one attached hydrogen (secondary N) is 1. The van der Waals surface area contributed by atoms with E-state index in [1.54, 1.807) is 12.2 Å². The van der Waals surface area contributed by atoms with Crippen molar-refractivity contribution in [3.8, 4) is 0 Å². The molecule has 19 heavy (non-hydrogen) atoms. The van der Waals surface area contributed by atoms with Gasteiger partial charge in [0.05, 0.1) is 0 Å². The Bertz CT molecular complexity index is 418. The zero-order valence-electron chi connectivity index (χ0n) is 12.4. The highest BCUT2D eigenvalue weighted by Gasteiger charge is 2.30. The highest BCUT2D eigenvalue weighted by Crippen LogP contribution is 2.41. The summed E-state index contributed by atoms with van der Waals surface area (Å²) in [5.41, 5.74) is 1.63. The van der Waals surface area contributed by atoms with E-state index in [4.69, 9.17) is 12.2 Å². The fourth-order valence-corrected chi connectivity index (χ4v) is 2.85. The summed E-state index contributed by atoms with van der Waals surface area (Å²) in [4.78, 5) is 0.569. The van der Waals surface area contributed by atoms with Crippen LogP contribution in [0.4, 0.5) is 0 Å². The first-order valence-electron chi connectivity index (χ1n) is 6.90. The first-order chi connectivity index (χ1) is 8.86. The number of aliphatic hydroxyl groups excluding tert-OH is 1. The minimum absolute atomic E-state index is 0.208. The molecule has 0 heterocycles. The van der Waals surface area contributed by atoms with Gasteiger partial charge in [0.25, 0.3) is 0 Å². The van der Waals surface area contributed by atoms with Crippen LogP contribution in [-0.2, 0) is 0 Å². The fraction of sp³-hybridized carbons (Fsp3) is 0.562. The summed E-state index contributed by atoms with van der Waals surface area (Å²) in [6, 6.07) is 0. The Labute approximate surface area is 122 Å². The topological polar surface area (TPSA) is 32.3 Å². The van der Waals surface area contributed by atoms with Crippen LogP contribution in [0.5, 0.6) is 0 Å². The molecule has 1 rings (SSSR count). The van der Waals surface area contributed by atoms with Gasteiger partial charge in [-0.05, 0) is 38.2 Å². The quantitative estimate of drug-likeness (QED) is 0.264. The molecule has 3 heteroatoms. The lowest BCUT2D eigenvalue weighted by atomic mass is 9.68. The summed E-state index contributed by atoms with van der Waals surface area (Å²) in [5, 5.41) is 12.8. The molecule has 0 saturated heterocycles. The van der Waals surface area contributed by atoms with E-state index in [9.17, 15) is 5.11 Å². The maximum Gasteiger partial charge on any atom is 0.118 e. The summed E-state index contributed by atoms with van der Waals surface area (Å²) < 4.78 is 0. The van der Waals surface area contributed by atoms with Crippen molar-refractivity contribution in [3.05, 3.63) is 35.6 Å². The lowest BCUT2D eigenvalue weighted by molar-refractivity contribution is 0.255. The number of allylic oxidation sites excluding steroid dienone is 4. The van der Waals surface area contributed by atoms with E-state index >= 15 is 0 Å². The average Bonchev–Trinajstić information content (AvgIpc) is 2.27. The molecule has 0 spiro atoms. The summed E-state index contributed by atoms with van der Waals surface area (Å²) >= 11 is 5.08. The van der Waals surface area contributed by atoms with Crippen LogP contribution in [0.15, 0.2) is 35.6 Å². The number of rotatable bonds is 4. The van der Waals surface area contributed by atoms with Crippen molar-refractivity contribution in [2.45, 2.75) is 40.5 Å². The predicted octanol–water partition coefficient (Wildman–Crippen LogP) is 4.30. The molecule has 0 amide bonds. The summed E-state index contributed by atoms with van der Waals surface area (Å²) in [6.45, 7) is 9.47. The van der Waals surface area contributed by atoms with Crippen LogP contribution in [0.1, 0.15) is 40.5 Å². The third-order valence-electron chi connectivity index (χ3n) is 3.68. The molecule has 0 aromatic carbocycles. The van der Waals surface area contributed by atoms with Gasteiger partial charge < -0.3 is 10.4 Å². The third kappa shape index (κ3) is 4.83. The summed E-state index contributed by atoms with van der Waals surface area (Å²) in [6.07, 6.45) is 10.1. The molecule has 0 bridgehead atoms. The van der Waals surface area contributed by atoms with E-state index in [1.807, 2.05) is 6.92 Å². The van der Waals surface area contributed by atoms with Crippen molar-refractivity contribution in [2.24, 2.45) is 11.3 Å². The van der Waals surface area contributed by atoms with Crippen molar-refractivity contribution in [1.29, 1.82) is 0 Å². The monoisotopic (exact) mass is 279 g/mol. The Morgan fingerprint density at radius 3 is 2.84 bits per heavy atom. The van der Waals surface area contributed by atoms with E-state index in [0.29, 0.717) is 10.9 Å². The molecule has 0 radical (unpaired) electrons. The van der Waals surface area contributed by atoms with E-state index in [2.05, 4.69) is 38.2 Å². The second kappa shape index (κ2) is 6.90. The summed E-state index contributed by atoms with van der Waals surface area (Å²) in [7, 11) is 0. The van der Waals surface area contributed by atoms with Crippen LogP contribution in [0.3, 0.4) is 0 Å². The van der Waals surface area contributed by atoms with Gasteiger partial charge in [0.1, 0.15) is 10.7 Å². The average molecular weight is 279 g/mol. The van der Waals surface area contributed by atoms with Crippen molar-refractivity contribution in [3.63, 3.8) is 0 Å². The number of hydrogen-bond acceptors (Lipinski definition) is 2. The number of thiocarbonyl (C=S) groups is 1. The van der Waals surface area contributed by atoms with Crippen LogP contribution in [-0.4, -0.2) is 16.6 Å². The maximum atomic E-state index is 9.86. The molecule has 106 valence electrons. The number of likely N-dealkylation sites (N-methyl/N-ethyl adjacent to an activating group) is 1. The molecule has 0 fully saturated rings. The maximum absolute atomic E-state index is 9.86. The van der Waals surface area contributed by atoms with E-state index in [0.717, 1.165) is 13.0 Å². The standard InChI is InChI=1S/C16H25NOS/c1-5-17-15(19)11-13(18)8-9-14-12(2)7-6-10-16(14,3)4/h7-9,11,14,18H,5-6,10H2,1-4H3,(H,17,19)/b9-8+,13-11-. The molecule has 1 atom stereocenters. The number of hydrogen-bond donors (Lipinski definition) is 2. The minimum atomic E-state index is 0.208. The first kappa shape index (κ1) is 16.0. The van der Waals surface area contributed by atoms with Gasteiger partial charge in [-0.25, -0.2) is 0 Å². The molecule has 0 aromatic heterocycles. The van der Waals surface area contributed by atoms with Gasteiger partial charge in [0.15, 0.2) is 0 Å². The van der Waals surface area contributed by atoms with E-state index < -0.39 is 0 Å². The molecular formula is C16H25NOS.